The van der Waals surface area contributed by atoms with Gasteiger partial charge in [0.25, 0.3) is 5.78 Å². The van der Waals surface area contributed by atoms with E-state index in [1.165, 1.54) is 6.92 Å². The molecule has 0 heterocycles. The number of carbonyl (C=O) groups is 1. The van der Waals surface area contributed by atoms with Crippen LogP contribution in [0.3, 0.4) is 0 Å². The molecule has 2 nitrogen and oxygen atoms in total. The molecule has 0 aromatic heterocycles. The maximum Gasteiger partial charge on any atom is 0.454 e. The zero-order valence-electron chi connectivity index (χ0n) is 10.7. The smallest absolute Gasteiger partial charge is 0.359 e. The Morgan fingerprint density at radius 1 is 1.10 bits per heavy atom. The lowest BCUT2D eigenvalue weighted by Gasteiger charge is -2.10. The first kappa shape index (κ1) is 14.1. The lowest BCUT2D eigenvalue weighted by atomic mass is 10.1. The lowest BCUT2D eigenvalue weighted by molar-refractivity contribution is -0.165. The molecule has 0 aliphatic rings. The number of carbonyl (C=O) groups excluding carboxylic acids is 1. The van der Waals surface area contributed by atoms with Crippen LogP contribution in [0.5, 0.6) is 0 Å². The van der Waals surface area contributed by atoms with Gasteiger partial charge in [0.1, 0.15) is 0 Å². The standard InChI is InChI=1S/C15H12F3NO/c1-10(9-14(20)15(16,17)18)19-13-8-4-6-11-5-2-3-7-12(11)13/h2-9,19H,1H3/b10-9-. The molecule has 2 aromatic carbocycles. The highest BCUT2D eigenvalue weighted by molar-refractivity contribution is 5.97. The number of benzene rings is 2. The van der Waals surface area contributed by atoms with Crippen LogP contribution >= 0.6 is 0 Å². The highest BCUT2D eigenvalue weighted by Crippen LogP contribution is 2.24. The van der Waals surface area contributed by atoms with Crippen LogP contribution in [0.1, 0.15) is 6.92 Å². The number of hydrogen-bond acceptors (Lipinski definition) is 2. The molecular weight excluding hydrogens is 267 g/mol. The maximum atomic E-state index is 12.2. The molecule has 2 rings (SSSR count). The molecule has 0 atom stereocenters. The average Bonchev–Trinajstić information content (AvgIpc) is 2.38. The highest BCUT2D eigenvalue weighted by Gasteiger charge is 2.36. The fourth-order valence-corrected chi connectivity index (χ4v) is 1.86. The first-order chi connectivity index (χ1) is 9.38. The summed E-state index contributed by atoms with van der Waals surface area (Å²) in [5.74, 6) is -1.87. The topological polar surface area (TPSA) is 29.1 Å². The van der Waals surface area contributed by atoms with Crippen molar-refractivity contribution >= 4 is 22.2 Å². The number of allylic oxidation sites excluding steroid dienone is 2. The van der Waals surface area contributed by atoms with Crippen LogP contribution in [0, 0.1) is 0 Å². The van der Waals surface area contributed by atoms with E-state index in [1.807, 2.05) is 30.3 Å². The van der Waals surface area contributed by atoms with Crippen molar-refractivity contribution in [3.8, 4) is 0 Å². The molecule has 0 amide bonds. The van der Waals surface area contributed by atoms with E-state index in [2.05, 4.69) is 5.32 Å². The van der Waals surface area contributed by atoms with Crippen LogP contribution in [0.25, 0.3) is 10.8 Å². The Hall–Kier alpha value is -2.30. The fraction of sp³-hybridized carbons (Fsp3) is 0.133. The first-order valence-electron chi connectivity index (χ1n) is 5.92. The second-order valence-electron chi connectivity index (χ2n) is 4.34. The Morgan fingerprint density at radius 3 is 2.45 bits per heavy atom. The molecule has 20 heavy (non-hydrogen) atoms. The Bertz CT molecular complexity index is 669. The molecule has 0 saturated heterocycles. The van der Waals surface area contributed by atoms with Crippen molar-refractivity contribution in [2.45, 2.75) is 13.1 Å². The van der Waals surface area contributed by atoms with Gasteiger partial charge in [0, 0.05) is 22.8 Å². The second-order valence-corrected chi connectivity index (χ2v) is 4.34. The number of fused-ring (bicyclic) bond motifs is 1. The monoisotopic (exact) mass is 279 g/mol. The van der Waals surface area contributed by atoms with Crippen LogP contribution in [0.15, 0.2) is 54.2 Å². The summed E-state index contributed by atoms with van der Waals surface area (Å²) in [5.41, 5.74) is 0.801. The largest absolute Gasteiger partial charge is 0.454 e. The summed E-state index contributed by atoms with van der Waals surface area (Å²) in [6.07, 6.45) is -4.29. The molecule has 0 radical (unpaired) electrons. The molecule has 0 saturated carbocycles. The van der Waals surface area contributed by atoms with E-state index in [9.17, 15) is 18.0 Å². The number of alkyl halides is 3. The normalized spacial score (nSPS) is 12.5. The third-order valence-corrected chi connectivity index (χ3v) is 2.75. The van der Waals surface area contributed by atoms with E-state index in [1.54, 1.807) is 12.1 Å². The fourth-order valence-electron chi connectivity index (χ4n) is 1.86. The quantitative estimate of drug-likeness (QED) is 0.849. The Kier molecular flexibility index (Phi) is 3.79. The highest BCUT2D eigenvalue weighted by atomic mass is 19.4. The van der Waals surface area contributed by atoms with Crippen molar-refractivity contribution < 1.29 is 18.0 Å². The van der Waals surface area contributed by atoms with Crippen LogP contribution in [0.4, 0.5) is 18.9 Å². The van der Waals surface area contributed by atoms with Crippen molar-refractivity contribution in [3.63, 3.8) is 0 Å². The number of nitrogens with one attached hydrogen (secondary N) is 1. The number of ketones is 1. The maximum absolute atomic E-state index is 12.2. The molecule has 1 N–H and O–H groups in total. The van der Waals surface area contributed by atoms with Crippen molar-refractivity contribution in [2.24, 2.45) is 0 Å². The van der Waals surface area contributed by atoms with Crippen LogP contribution in [-0.4, -0.2) is 12.0 Å². The third kappa shape index (κ3) is 3.17. The molecule has 0 aliphatic carbocycles. The predicted octanol–water partition coefficient (Wildman–Crippen LogP) is 4.29. The summed E-state index contributed by atoms with van der Waals surface area (Å²) in [4.78, 5) is 10.9. The number of anilines is 1. The van der Waals surface area contributed by atoms with E-state index in [4.69, 9.17) is 0 Å². The minimum absolute atomic E-state index is 0.142. The van der Waals surface area contributed by atoms with Crippen molar-refractivity contribution in [2.75, 3.05) is 5.32 Å². The van der Waals surface area contributed by atoms with Gasteiger partial charge in [-0.25, -0.2) is 0 Å². The zero-order chi connectivity index (χ0) is 14.8. The van der Waals surface area contributed by atoms with Gasteiger partial charge >= 0.3 is 6.18 Å². The summed E-state index contributed by atoms with van der Waals surface area (Å²) in [5, 5.41) is 4.67. The van der Waals surface area contributed by atoms with E-state index >= 15 is 0 Å². The molecule has 0 aliphatic heterocycles. The van der Waals surface area contributed by atoms with E-state index < -0.39 is 12.0 Å². The molecular formula is C15H12F3NO. The first-order valence-corrected chi connectivity index (χ1v) is 5.92. The number of halogens is 3. The van der Waals surface area contributed by atoms with E-state index in [0.29, 0.717) is 11.8 Å². The predicted molar refractivity (Wildman–Crippen MR) is 72.4 cm³/mol. The van der Waals surface area contributed by atoms with Gasteiger partial charge in [-0.05, 0) is 18.4 Å². The van der Waals surface area contributed by atoms with Gasteiger partial charge in [-0.2, -0.15) is 13.2 Å². The number of hydrogen-bond donors (Lipinski definition) is 1. The van der Waals surface area contributed by atoms with Crippen molar-refractivity contribution in [1.29, 1.82) is 0 Å². The molecule has 0 fully saturated rings. The van der Waals surface area contributed by atoms with Gasteiger partial charge in [0.05, 0.1) is 0 Å². The minimum Gasteiger partial charge on any atom is -0.359 e. The van der Waals surface area contributed by atoms with Gasteiger partial charge in [0.15, 0.2) is 0 Å². The summed E-state index contributed by atoms with van der Waals surface area (Å²) in [6, 6.07) is 12.9. The lowest BCUT2D eigenvalue weighted by Crippen LogP contribution is -2.21. The van der Waals surface area contributed by atoms with Crippen LogP contribution in [-0.2, 0) is 4.79 Å². The number of rotatable bonds is 3. The Balaban J connectivity index is 2.29. The molecule has 2 aromatic rings. The molecule has 104 valence electrons. The summed E-state index contributed by atoms with van der Waals surface area (Å²) in [6.45, 7) is 1.42. The Morgan fingerprint density at radius 2 is 1.75 bits per heavy atom. The van der Waals surface area contributed by atoms with Crippen LogP contribution < -0.4 is 5.32 Å². The zero-order valence-corrected chi connectivity index (χ0v) is 10.7. The van der Waals surface area contributed by atoms with E-state index in [0.717, 1.165) is 10.8 Å². The van der Waals surface area contributed by atoms with Gasteiger partial charge < -0.3 is 5.32 Å². The third-order valence-electron chi connectivity index (χ3n) is 2.75. The Labute approximate surface area is 113 Å². The SMILES string of the molecule is C/C(=C/C(=O)C(F)(F)F)Nc1cccc2ccccc12. The molecule has 0 bridgehead atoms. The van der Waals surface area contributed by atoms with Crippen molar-refractivity contribution in [3.05, 3.63) is 54.2 Å². The molecule has 0 spiro atoms. The summed E-state index contributed by atoms with van der Waals surface area (Å²) >= 11 is 0. The molecule has 5 heteroatoms. The van der Waals surface area contributed by atoms with Crippen LogP contribution in [0.2, 0.25) is 0 Å². The molecule has 0 unspecified atom stereocenters. The average molecular weight is 279 g/mol. The summed E-state index contributed by atoms with van der Waals surface area (Å²) in [7, 11) is 0. The van der Waals surface area contributed by atoms with E-state index in [-0.39, 0.29) is 5.70 Å². The minimum atomic E-state index is -4.85. The van der Waals surface area contributed by atoms with Gasteiger partial charge in [0.2, 0.25) is 0 Å². The summed E-state index contributed by atoms with van der Waals surface area (Å²) < 4.78 is 36.5. The van der Waals surface area contributed by atoms with Crippen molar-refractivity contribution in [1.82, 2.24) is 0 Å². The second kappa shape index (κ2) is 5.36. The van der Waals surface area contributed by atoms with Gasteiger partial charge in [-0.1, -0.05) is 36.4 Å². The van der Waals surface area contributed by atoms with Gasteiger partial charge in [-0.15, -0.1) is 0 Å². The van der Waals surface area contributed by atoms with Gasteiger partial charge in [-0.3, -0.25) is 4.79 Å².